The highest BCUT2D eigenvalue weighted by molar-refractivity contribution is 7.79. The summed E-state index contributed by atoms with van der Waals surface area (Å²) in [5, 5.41) is 0.202. The van der Waals surface area contributed by atoms with E-state index in [1.165, 1.54) is 0 Å². The summed E-state index contributed by atoms with van der Waals surface area (Å²) in [4.78, 5) is 0. The van der Waals surface area contributed by atoms with Crippen LogP contribution in [0.5, 0.6) is 0 Å². The van der Waals surface area contributed by atoms with Gasteiger partial charge in [-0.25, -0.2) is 0 Å². The normalized spacial score (nSPS) is 45.2. The van der Waals surface area contributed by atoms with E-state index in [0.29, 0.717) is 6.61 Å². The number of thiocarbonyl (C=S) groups is 1. The Morgan fingerprint density at radius 1 is 1.19 bits per heavy atom. The zero-order chi connectivity index (χ0) is 11.3. The van der Waals surface area contributed by atoms with Crippen LogP contribution in [-0.2, 0) is 23.7 Å². The van der Waals surface area contributed by atoms with Gasteiger partial charge in [-0.2, -0.15) is 0 Å². The summed E-state index contributed by atoms with van der Waals surface area (Å²) in [5.41, 5.74) is 0. The Kier molecular flexibility index (Phi) is 2.36. The zero-order valence-corrected chi connectivity index (χ0v) is 9.99. The molecular weight excluding hydrogens is 232 g/mol. The van der Waals surface area contributed by atoms with Crippen molar-refractivity contribution in [2.75, 3.05) is 6.61 Å². The number of rotatable bonds is 1. The molecule has 0 aromatic carbocycles. The maximum atomic E-state index is 5.74. The van der Waals surface area contributed by atoms with Crippen LogP contribution in [0.25, 0.3) is 0 Å². The van der Waals surface area contributed by atoms with E-state index in [2.05, 4.69) is 0 Å². The van der Waals surface area contributed by atoms with Gasteiger partial charge in [-0.05, 0) is 13.8 Å². The standard InChI is InChI=1S/C10H14O5S/c1-10(2)14-6-3-5(12-8(6)15-10)7-4-11-9(16)13-7/h5-8H,3-4H2,1-2H3/t5-,6+,7+,8+/m0/s1. The average molecular weight is 246 g/mol. The van der Waals surface area contributed by atoms with Crippen LogP contribution in [0.2, 0.25) is 0 Å². The molecule has 3 aliphatic rings. The molecule has 0 amide bonds. The van der Waals surface area contributed by atoms with Gasteiger partial charge in [0, 0.05) is 18.6 Å². The molecule has 5 nitrogen and oxygen atoms in total. The molecule has 4 atom stereocenters. The molecule has 0 N–H and O–H groups in total. The second-order valence-electron chi connectivity index (χ2n) is 4.67. The first-order chi connectivity index (χ1) is 7.53. The average Bonchev–Trinajstić information content (AvgIpc) is 2.77. The fourth-order valence-electron chi connectivity index (χ4n) is 2.30. The van der Waals surface area contributed by atoms with Gasteiger partial charge in [-0.15, -0.1) is 0 Å². The van der Waals surface area contributed by atoms with Crippen LogP contribution in [0.1, 0.15) is 20.3 Å². The lowest BCUT2D eigenvalue weighted by Crippen LogP contribution is -2.32. The van der Waals surface area contributed by atoms with Gasteiger partial charge < -0.3 is 23.7 Å². The SMILES string of the molecule is CC1(C)O[C@H]2O[C@H]([C@H]3COC(=S)O3)C[C@H]2O1. The largest absolute Gasteiger partial charge is 0.453 e. The molecule has 3 saturated heterocycles. The number of hydrogen-bond acceptors (Lipinski definition) is 6. The molecule has 3 aliphatic heterocycles. The predicted molar refractivity (Wildman–Crippen MR) is 56.7 cm³/mol. The molecule has 0 saturated carbocycles. The van der Waals surface area contributed by atoms with E-state index < -0.39 is 5.79 Å². The third-order valence-electron chi connectivity index (χ3n) is 2.94. The molecule has 3 heterocycles. The van der Waals surface area contributed by atoms with Crippen LogP contribution in [-0.4, -0.2) is 42.2 Å². The van der Waals surface area contributed by atoms with Crippen molar-refractivity contribution in [2.24, 2.45) is 0 Å². The highest BCUT2D eigenvalue weighted by atomic mass is 32.1. The van der Waals surface area contributed by atoms with Crippen molar-refractivity contribution < 1.29 is 23.7 Å². The summed E-state index contributed by atoms with van der Waals surface area (Å²) < 4.78 is 27.5. The Balaban J connectivity index is 1.62. The third kappa shape index (κ3) is 1.79. The Morgan fingerprint density at radius 3 is 2.62 bits per heavy atom. The molecular formula is C10H14O5S. The minimum Gasteiger partial charge on any atom is -0.453 e. The minimum absolute atomic E-state index is 0.0160. The van der Waals surface area contributed by atoms with E-state index in [-0.39, 0.29) is 29.8 Å². The smallest absolute Gasteiger partial charge is 0.352 e. The Labute approximate surface area is 98.9 Å². The minimum atomic E-state index is -0.553. The highest BCUT2D eigenvalue weighted by Gasteiger charge is 2.51. The van der Waals surface area contributed by atoms with Crippen molar-refractivity contribution in [1.29, 1.82) is 0 Å². The van der Waals surface area contributed by atoms with Crippen LogP contribution in [0.3, 0.4) is 0 Å². The van der Waals surface area contributed by atoms with Crippen molar-refractivity contribution in [2.45, 2.75) is 50.7 Å². The van der Waals surface area contributed by atoms with Crippen LogP contribution in [0.15, 0.2) is 0 Å². The first-order valence-electron chi connectivity index (χ1n) is 5.38. The quantitative estimate of drug-likeness (QED) is 0.642. The summed E-state index contributed by atoms with van der Waals surface area (Å²) >= 11 is 4.81. The van der Waals surface area contributed by atoms with Gasteiger partial charge >= 0.3 is 5.24 Å². The topological polar surface area (TPSA) is 46.2 Å². The molecule has 90 valence electrons. The lowest BCUT2D eigenvalue weighted by atomic mass is 10.1. The lowest BCUT2D eigenvalue weighted by molar-refractivity contribution is -0.211. The van der Waals surface area contributed by atoms with Crippen LogP contribution in [0.4, 0.5) is 0 Å². The van der Waals surface area contributed by atoms with E-state index >= 15 is 0 Å². The second kappa shape index (κ2) is 3.53. The Hall–Kier alpha value is -0.430. The van der Waals surface area contributed by atoms with E-state index in [4.69, 9.17) is 35.9 Å². The summed E-state index contributed by atoms with van der Waals surface area (Å²) in [7, 11) is 0. The summed E-state index contributed by atoms with van der Waals surface area (Å²) in [6.45, 7) is 4.22. The molecule has 3 fully saturated rings. The van der Waals surface area contributed by atoms with Gasteiger partial charge in [0.15, 0.2) is 18.2 Å². The predicted octanol–water partition coefficient (Wildman–Crippen LogP) is 0.953. The van der Waals surface area contributed by atoms with Crippen molar-refractivity contribution in [3.8, 4) is 0 Å². The number of hydrogen-bond donors (Lipinski definition) is 0. The zero-order valence-electron chi connectivity index (χ0n) is 9.17. The summed E-state index contributed by atoms with van der Waals surface area (Å²) in [6.07, 6.45) is 0.251. The fraction of sp³-hybridized carbons (Fsp3) is 0.900. The molecule has 6 heteroatoms. The molecule has 0 radical (unpaired) electrons. The Morgan fingerprint density at radius 2 is 2.00 bits per heavy atom. The lowest BCUT2D eigenvalue weighted by Gasteiger charge is -2.21. The first-order valence-corrected chi connectivity index (χ1v) is 5.79. The fourth-order valence-corrected chi connectivity index (χ4v) is 2.49. The van der Waals surface area contributed by atoms with Crippen LogP contribution < -0.4 is 0 Å². The molecule has 0 aromatic rings. The number of ether oxygens (including phenoxy) is 5. The van der Waals surface area contributed by atoms with Crippen LogP contribution in [0, 0.1) is 0 Å². The summed E-state index contributed by atoms with van der Waals surface area (Å²) in [6, 6.07) is 0. The van der Waals surface area contributed by atoms with Crippen molar-refractivity contribution in [1.82, 2.24) is 0 Å². The molecule has 16 heavy (non-hydrogen) atoms. The molecule has 0 unspecified atom stereocenters. The maximum absolute atomic E-state index is 5.74. The van der Waals surface area contributed by atoms with E-state index in [0.717, 1.165) is 6.42 Å². The molecule has 0 bridgehead atoms. The monoisotopic (exact) mass is 246 g/mol. The van der Waals surface area contributed by atoms with Crippen LogP contribution >= 0.6 is 12.2 Å². The van der Waals surface area contributed by atoms with Gasteiger partial charge in [-0.1, -0.05) is 0 Å². The van der Waals surface area contributed by atoms with E-state index in [9.17, 15) is 0 Å². The third-order valence-corrected chi connectivity index (χ3v) is 3.15. The van der Waals surface area contributed by atoms with E-state index in [1.54, 1.807) is 0 Å². The van der Waals surface area contributed by atoms with Gasteiger partial charge in [0.05, 0.1) is 0 Å². The highest BCUT2D eigenvalue weighted by Crippen LogP contribution is 2.38. The first kappa shape index (κ1) is 10.7. The number of fused-ring (bicyclic) bond motifs is 1. The van der Waals surface area contributed by atoms with Crippen molar-refractivity contribution in [3.05, 3.63) is 0 Å². The molecule has 0 aromatic heterocycles. The van der Waals surface area contributed by atoms with Gasteiger partial charge in [0.2, 0.25) is 0 Å². The van der Waals surface area contributed by atoms with Crippen molar-refractivity contribution in [3.63, 3.8) is 0 Å². The summed E-state index contributed by atoms with van der Waals surface area (Å²) in [5.74, 6) is -0.553. The molecule has 3 rings (SSSR count). The molecule has 0 spiro atoms. The van der Waals surface area contributed by atoms with Gasteiger partial charge in [-0.3, -0.25) is 0 Å². The van der Waals surface area contributed by atoms with E-state index in [1.807, 2.05) is 13.8 Å². The van der Waals surface area contributed by atoms with Crippen molar-refractivity contribution >= 4 is 17.5 Å². The second-order valence-corrected chi connectivity index (χ2v) is 5.00. The maximum Gasteiger partial charge on any atom is 0.352 e. The van der Waals surface area contributed by atoms with Gasteiger partial charge in [0.25, 0.3) is 0 Å². The Bertz CT molecular complexity index is 302. The van der Waals surface area contributed by atoms with Gasteiger partial charge in [0.1, 0.15) is 18.8 Å². The molecule has 0 aliphatic carbocycles.